The van der Waals surface area contributed by atoms with E-state index in [1.807, 2.05) is 27.7 Å². The molecule has 0 radical (unpaired) electrons. The van der Waals surface area contributed by atoms with Crippen molar-refractivity contribution in [3.05, 3.63) is 0 Å². The van der Waals surface area contributed by atoms with E-state index in [0.29, 0.717) is 75.0 Å². The van der Waals surface area contributed by atoms with Gasteiger partial charge in [-0.1, -0.05) is 55.4 Å². The van der Waals surface area contributed by atoms with Crippen molar-refractivity contribution >= 4 is 23.9 Å². The topological polar surface area (TPSA) is 142 Å². The number of ether oxygens (including phenoxy) is 8. The zero-order chi connectivity index (χ0) is 46.8. The van der Waals surface area contributed by atoms with E-state index in [9.17, 15) is 19.2 Å². The van der Waals surface area contributed by atoms with Gasteiger partial charge in [0.05, 0.1) is 72.5 Å². The largest absolute Gasteiger partial charge is 0.462 e. The summed E-state index contributed by atoms with van der Waals surface area (Å²) in [6, 6.07) is 0. The van der Waals surface area contributed by atoms with E-state index < -0.39 is 23.7 Å². The molecule has 0 aromatic heterocycles. The molecule has 0 saturated carbocycles. The summed E-state index contributed by atoms with van der Waals surface area (Å²) in [6.07, 6.45) is 8.15. The van der Waals surface area contributed by atoms with Crippen molar-refractivity contribution in [3.63, 3.8) is 0 Å². The molecule has 16 atom stereocenters. The van der Waals surface area contributed by atoms with Crippen LogP contribution < -0.4 is 0 Å². The molecule has 5 rings (SSSR count). The van der Waals surface area contributed by atoms with E-state index in [2.05, 4.69) is 55.4 Å². The molecule has 0 aliphatic carbocycles. The van der Waals surface area contributed by atoms with E-state index in [1.54, 1.807) is 0 Å². The molecule has 0 aromatic carbocycles. The molecule has 5 heterocycles. The van der Waals surface area contributed by atoms with Crippen LogP contribution in [0.4, 0.5) is 0 Å². The fourth-order valence-electron chi connectivity index (χ4n) is 10.8. The first kappa shape index (κ1) is 52.7. The van der Waals surface area contributed by atoms with Crippen molar-refractivity contribution < 1.29 is 57.1 Å². The van der Waals surface area contributed by atoms with E-state index in [-0.39, 0.29) is 97.1 Å². The zero-order valence-corrected chi connectivity index (χ0v) is 41.8. The van der Waals surface area contributed by atoms with Crippen LogP contribution in [-0.4, -0.2) is 97.1 Å². The van der Waals surface area contributed by atoms with Crippen molar-refractivity contribution in [1.29, 1.82) is 0 Å². The highest BCUT2D eigenvalue weighted by atomic mass is 16.6. The quantitative estimate of drug-likeness (QED) is 0.169. The Kier molecular flexibility index (Phi) is 20.3. The Hall–Kier alpha value is -2.28. The number of hydrogen-bond donors (Lipinski definition) is 0. The van der Waals surface area contributed by atoms with Gasteiger partial charge in [-0.05, 0) is 128 Å². The van der Waals surface area contributed by atoms with Gasteiger partial charge in [0.15, 0.2) is 0 Å². The Balaban J connectivity index is 1.32. The average Bonchev–Trinajstić information content (AvgIpc) is 4.04. The summed E-state index contributed by atoms with van der Waals surface area (Å²) in [5, 5.41) is 0. The minimum absolute atomic E-state index is 0.136. The molecule has 0 spiro atoms. The molecule has 0 amide bonds. The lowest BCUT2D eigenvalue weighted by Crippen LogP contribution is -2.35. The molecule has 5 aliphatic heterocycles. The van der Waals surface area contributed by atoms with Gasteiger partial charge in [0.25, 0.3) is 0 Å². The highest BCUT2D eigenvalue weighted by Gasteiger charge is 2.42. The van der Waals surface area contributed by atoms with Crippen LogP contribution in [0, 0.1) is 47.3 Å². The third-order valence-electron chi connectivity index (χ3n) is 14.5. The number of cyclic esters (lactones) is 4. The Morgan fingerprint density at radius 2 is 0.531 bits per heavy atom. The first-order chi connectivity index (χ1) is 30.2. The highest BCUT2D eigenvalue weighted by Crippen LogP contribution is 2.37. The maximum atomic E-state index is 13.8. The molecule has 12 heteroatoms. The summed E-state index contributed by atoms with van der Waals surface area (Å²) in [5.74, 6) is -1.63. The number of carbonyl (C=O) groups excluding carboxylic acids is 4. The van der Waals surface area contributed by atoms with E-state index in [1.165, 1.54) is 0 Å². The number of esters is 4. The van der Waals surface area contributed by atoms with Gasteiger partial charge in [0.2, 0.25) is 0 Å². The molecule has 0 unspecified atom stereocenters. The minimum atomic E-state index is -0.453. The van der Waals surface area contributed by atoms with Gasteiger partial charge >= 0.3 is 23.9 Å². The van der Waals surface area contributed by atoms with Gasteiger partial charge in [0, 0.05) is 25.7 Å². The second-order valence-electron chi connectivity index (χ2n) is 22.3. The maximum absolute atomic E-state index is 13.8. The Morgan fingerprint density at radius 3 is 0.703 bits per heavy atom. The molecule has 5 aliphatic rings. The minimum Gasteiger partial charge on any atom is -0.462 e. The van der Waals surface area contributed by atoms with Gasteiger partial charge in [-0.3, -0.25) is 19.2 Å². The number of fused-ring (bicyclic) bond motifs is 8. The molecule has 0 N–H and O–H groups in total. The number of rotatable bonds is 8. The van der Waals surface area contributed by atoms with E-state index in [4.69, 9.17) is 37.9 Å². The molecular weight excluding hydrogens is 817 g/mol. The van der Waals surface area contributed by atoms with Crippen LogP contribution in [0.3, 0.4) is 0 Å². The van der Waals surface area contributed by atoms with Crippen LogP contribution in [0.5, 0.6) is 0 Å². The Labute approximate surface area is 386 Å². The SMILES string of the molecule is CC(C)C[C@H]1C[C@@H]2CC[C@@H](O2)[C@@H](C)C(=O)O[C@H](CC(C)C)C[C@H]2CC[C@H](O2)[C@H](C)C(=O)O[C@@H](CC(C)C)C[C@@H]2CC[C@@H](O2)[C@@H](C)C(=O)O[C@H](CC(C)C)C[C@H]2CC[C@H](O2)[C@H](C)C(=O)O1. The molecule has 64 heavy (non-hydrogen) atoms. The number of hydrogen-bond acceptors (Lipinski definition) is 12. The molecule has 5 saturated heterocycles. The van der Waals surface area contributed by atoms with E-state index >= 15 is 0 Å². The third-order valence-corrected chi connectivity index (χ3v) is 14.5. The third kappa shape index (κ3) is 15.9. The fraction of sp³-hybridized carbons (Fsp3) is 0.923. The summed E-state index contributed by atoms with van der Waals surface area (Å²) in [6.45, 7) is 24.6. The molecule has 5 fully saturated rings. The summed E-state index contributed by atoms with van der Waals surface area (Å²) < 4.78 is 51.2. The van der Waals surface area contributed by atoms with Crippen LogP contribution in [0.25, 0.3) is 0 Å². The van der Waals surface area contributed by atoms with Crippen molar-refractivity contribution in [2.45, 2.75) is 259 Å². The normalized spacial score (nSPS) is 39.4. The molecule has 8 bridgehead atoms. The second kappa shape index (κ2) is 24.7. The second-order valence-corrected chi connectivity index (χ2v) is 22.3. The lowest BCUT2D eigenvalue weighted by molar-refractivity contribution is -0.163. The number of carbonyl (C=O) groups is 4. The van der Waals surface area contributed by atoms with Crippen LogP contribution in [0.15, 0.2) is 0 Å². The van der Waals surface area contributed by atoms with Gasteiger partial charge in [-0.15, -0.1) is 0 Å². The lowest BCUT2D eigenvalue weighted by atomic mass is 9.96. The van der Waals surface area contributed by atoms with Gasteiger partial charge in [0.1, 0.15) is 24.4 Å². The average molecular weight is 905 g/mol. The van der Waals surface area contributed by atoms with Crippen LogP contribution in [0.1, 0.15) is 186 Å². The molecular formula is C52H88O12. The lowest BCUT2D eigenvalue weighted by Gasteiger charge is -2.28. The van der Waals surface area contributed by atoms with Crippen LogP contribution in [0.2, 0.25) is 0 Å². The standard InChI is InChI=1S/C52H88O12/c1-29(2)21-41-25-37-13-17-46(57-37)34(10)50(54)62-43(23-31(5)6)27-39-15-19-48(59-39)36(12)52(56)64-44(24-32(7)8)28-40-16-20-47(60-40)35(11)51(55)63-42(22-30(3)4)26-38-14-18-45(58-38)33(9)49(53)61-41/h29-48H,13-28H2,1-12H3/t33-,34+,35+,36-,37-,38+,39+,40-,41-,42+,43+,44-,45-,46+,47+,48-. The van der Waals surface area contributed by atoms with E-state index in [0.717, 1.165) is 51.4 Å². The van der Waals surface area contributed by atoms with Crippen molar-refractivity contribution in [3.8, 4) is 0 Å². The fourth-order valence-corrected chi connectivity index (χ4v) is 10.8. The molecule has 0 aromatic rings. The first-order valence-electron chi connectivity index (χ1n) is 25.7. The van der Waals surface area contributed by atoms with Gasteiger partial charge in [-0.2, -0.15) is 0 Å². The summed E-state index contributed by atoms with van der Waals surface area (Å²) in [7, 11) is 0. The Bertz CT molecular complexity index is 1260. The zero-order valence-electron chi connectivity index (χ0n) is 41.8. The van der Waals surface area contributed by atoms with Crippen LogP contribution >= 0.6 is 0 Å². The molecule has 12 nitrogen and oxygen atoms in total. The Morgan fingerprint density at radius 1 is 0.344 bits per heavy atom. The smallest absolute Gasteiger partial charge is 0.311 e. The predicted octanol–water partition coefficient (Wildman–Crippen LogP) is 10.1. The van der Waals surface area contributed by atoms with Crippen LogP contribution in [-0.2, 0) is 57.1 Å². The van der Waals surface area contributed by atoms with Gasteiger partial charge < -0.3 is 37.9 Å². The molecule has 368 valence electrons. The summed E-state index contributed by atoms with van der Waals surface area (Å²) in [4.78, 5) is 55.1. The van der Waals surface area contributed by atoms with Crippen molar-refractivity contribution in [2.24, 2.45) is 47.3 Å². The summed E-state index contributed by atoms with van der Waals surface area (Å²) in [5.41, 5.74) is 0. The summed E-state index contributed by atoms with van der Waals surface area (Å²) >= 11 is 0. The van der Waals surface area contributed by atoms with Crippen molar-refractivity contribution in [2.75, 3.05) is 0 Å². The first-order valence-corrected chi connectivity index (χ1v) is 25.7. The van der Waals surface area contributed by atoms with Crippen molar-refractivity contribution in [1.82, 2.24) is 0 Å². The maximum Gasteiger partial charge on any atom is 0.311 e. The monoisotopic (exact) mass is 905 g/mol. The predicted molar refractivity (Wildman–Crippen MR) is 244 cm³/mol. The van der Waals surface area contributed by atoms with Gasteiger partial charge in [-0.25, -0.2) is 0 Å². The highest BCUT2D eigenvalue weighted by molar-refractivity contribution is 5.74.